The van der Waals surface area contributed by atoms with Gasteiger partial charge in [-0.25, -0.2) is 4.98 Å². The average Bonchev–Trinajstić information content (AvgIpc) is 3.20. The maximum absolute atomic E-state index is 13.7. The second kappa shape index (κ2) is 16.0. The number of carbonyl (C=O) groups is 2. The van der Waals surface area contributed by atoms with E-state index in [9.17, 15) is 9.59 Å². The van der Waals surface area contributed by atoms with Crippen LogP contribution in [0, 0.1) is 11.8 Å². The fourth-order valence-corrected chi connectivity index (χ4v) is 4.98. The third-order valence-electron chi connectivity index (χ3n) is 6.20. The first-order valence-electron chi connectivity index (χ1n) is 12.0. The third kappa shape index (κ3) is 9.16. The smallest absolute Gasteiger partial charge is 0.290 e. The Kier molecular flexibility index (Phi) is 14.7. The van der Waals surface area contributed by atoms with Gasteiger partial charge in [0.15, 0.2) is 5.82 Å². The van der Waals surface area contributed by atoms with Crippen molar-refractivity contribution in [1.29, 1.82) is 0 Å². The largest absolute Gasteiger partial charge is 0.385 e. The Balaban J connectivity index is 0.00000306. The van der Waals surface area contributed by atoms with E-state index in [1.165, 1.54) is 0 Å². The molecule has 2 saturated heterocycles. The Bertz CT molecular complexity index is 792. The molecular weight excluding hydrogens is 561 g/mol. The van der Waals surface area contributed by atoms with E-state index in [2.05, 4.69) is 40.1 Å². The predicted molar refractivity (Wildman–Crippen MR) is 144 cm³/mol. The highest BCUT2D eigenvalue weighted by atomic mass is 79.9. The number of hydrogen-bond acceptors (Lipinski definition) is 6. The summed E-state index contributed by atoms with van der Waals surface area (Å²) >= 11 is 3.44. The summed E-state index contributed by atoms with van der Waals surface area (Å²) in [6, 6.07) is -0.0546. The van der Waals surface area contributed by atoms with Crippen LogP contribution in [0.1, 0.15) is 43.7 Å². The number of halogens is 3. The molecule has 35 heavy (non-hydrogen) atoms. The van der Waals surface area contributed by atoms with Crippen LogP contribution < -0.4 is 5.32 Å². The van der Waals surface area contributed by atoms with Crippen LogP contribution in [0.25, 0.3) is 0 Å². The van der Waals surface area contributed by atoms with Crippen molar-refractivity contribution in [3.05, 3.63) is 16.6 Å². The first kappa shape index (κ1) is 32.1. The summed E-state index contributed by atoms with van der Waals surface area (Å²) in [5.74, 6) is 0.700. The minimum Gasteiger partial charge on any atom is -0.385 e. The second-order valence-corrected chi connectivity index (χ2v) is 10.1. The van der Waals surface area contributed by atoms with E-state index in [1.807, 2.05) is 20.6 Å². The van der Waals surface area contributed by atoms with Crippen molar-refractivity contribution in [2.75, 3.05) is 59.7 Å². The van der Waals surface area contributed by atoms with Crippen molar-refractivity contribution in [2.24, 2.45) is 11.8 Å². The third-order valence-corrected chi connectivity index (χ3v) is 6.58. The number of unbranched alkanes of at least 4 members (excludes halogenated alkanes) is 1. The van der Waals surface area contributed by atoms with Crippen LogP contribution in [0.5, 0.6) is 0 Å². The van der Waals surface area contributed by atoms with E-state index in [0.29, 0.717) is 81.9 Å². The summed E-state index contributed by atoms with van der Waals surface area (Å²) in [5.41, 5.74) is 0. The predicted octanol–water partition coefficient (Wildman–Crippen LogP) is 2.85. The zero-order chi connectivity index (χ0) is 23.8. The molecule has 0 aliphatic carbocycles. The van der Waals surface area contributed by atoms with Gasteiger partial charge in [-0.05, 0) is 41.1 Å². The maximum Gasteiger partial charge on any atom is 0.290 e. The molecule has 202 valence electrons. The first-order valence-corrected chi connectivity index (χ1v) is 12.8. The molecule has 12 heteroatoms. The molecule has 0 unspecified atom stereocenters. The molecule has 1 aromatic rings. The number of methoxy groups -OCH3 is 1. The van der Waals surface area contributed by atoms with Crippen LogP contribution in [0.2, 0.25) is 0 Å². The first-order chi connectivity index (χ1) is 15.9. The van der Waals surface area contributed by atoms with Crippen LogP contribution >= 0.6 is 40.7 Å². The number of carbonyl (C=O) groups excluding carboxylic acids is 2. The van der Waals surface area contributed by atoms with Gasteiger partial charge >= 0.3 is 0 Å². The molecular formula is C23H40BrCl2N5O4. The molecule has 0 saturated carbocycles. The Morgan fingerprint density at radius 1 is 1.26 bits per heavy atom. The van der Waals surface area contributed by atoms with E-state index in [1.54, 1.807) is 7.11 Å². The lowest BCUT2D eigenvalue weighted by Gasteiger charge is -2.40. The second-order valence-electron chi connectivity index (χ2n) is 9.31. The van der Waals surface area contributed by atoms with Gasteiger partial charge in [-0.3, -0.25) is 9.59 Å². The SMILES string of the molecule is COCCCCn1cc(Br)nc1C(=O)N(CC(C)C)[C@@H]1CNC[C@H](C(=O)N2CCOCC2)C1.Cl.Cl. The van der Waals surface area contributed by atoms with E-state index < -0.39 is 0 Å². The van der Waals surface area contributed by atoms with E-state index in [-0.39, 0.29) is 48.6 Å². The van der Waals surface area contributed by atoms with Gasteiger partial charge in [0, 0.05) is 65.2 Å². The van der Waals surface area contributed by atoms with Gasteiger partial charge in [0.2, 0.25) is 5.91 Å². The van der Waals surface area contributed by atoms with Gasteiger partial charge in [-0.2, -0.15) is 0 Å². The number of hydrogen-bond donors (Lipinski definition) is 1. The molecule has 2 atom stereocenters. The average molecular weight is 601 g/mol. The molecule has 2 amide bonds. The number of amides is 2. The topological polar surface area (TPSA) is 88.9 Å². The number of nitrogens with one attached hydrogen (secondary N) is 1. The molecule has 3 heterocycles. The van der Waals surface area contributed by atoms with Crippen molar-refractivity contribution in [1.82, 2.24) is 24.7 Å². The van der Waals surface area contributed by atoms with E-state index in [4.69, 9.17) is 9.47 Å². The number of rotatable bonds is 10. The Hall–Kier alpha value is -0.910. The van der Waals surface area contributed by atoms with Crippen molar-refractivity contribution in [3.8, 4) is 0 Å². The highest BCUT2D eigenvalue weighted by Gasteiger charge is 2.36. The van der Waals surface area contributed by atoms with Crippen LogP contribution in [-0.4, -0.2) is 96.9 Å². The Labute approximate surface area is 229 Å². The minimum atomic E-state index is -0.134. The van der Waals surface area contributed by atoms with Crippen molar-refractivity contribution in [2.45, 2.75) is 45.7 Å². The lowest BCUT2D eigenvalue weighted by atomic mass is 9.92. The minimum absolute atomic E-state index is 0. The summed E-state index contributed by atoms with van der Waals surface area (Å²) in [5, 5.41) is 3.41. The monoisotopic (exact) mass is 599 g/mol. The van der Waals surface area contributed by atoms with Gasteiger partial charge in [-0.15, -0.1) is 24.8 Å². The van der Waals surface area contributed by atoms with Gasteiger partial charge < -0.3 is 29.2 Å². The summed E-state index contributed by atoms with van der Waals surface area (Å²) in [4.78, 5) is 35.2. The number of aryl methyl sites for hydroxylation is 1. The van der Waals surface area contributed by atoms with Crippen LogP contribution in [-0.2, 0) is 20.8 Å². The number of piperidine rings is 1. The molecule has 0 bridgehead atoms. The van der Waals surface area contributed by atoms with Gasteiger partial charge in [0.25, 0.3) is 5.91 Å². The maximum atomic E-state index is 13.7. The summed E-state index contributed by atoms with van der Waals surface area (Å²) in [7, 11) is 1.70. The van der Waals surface area contributed by atoms with Crippen LogP contribution in [0.15, 0.2) is 10.8 Å². The summed E-state index contributed by atoms with van der Waals surface area (Å²) in [6.07, 6.45) is 4.37. The van der Waals surface area contributed by atoms with Crippen LogP contribution in [0.3, 0.4) is 0 Å². The fourth-order valence-electron chi connectivity index (χ4n) is 4.56. The molecule has 0 radical (unpaired) electrons. The van der Waals surface area contributed by atoms with Crippen molar-refractivity contribution >= 4 is 52.6 Å². The zero-order valence-corrected chi connectivity index (χ0v) is 24.1. The molecule has 2 aliphatic heterocycles. The molecule has 0 aromatic carbocycles. The summed E-state index contributed by atoms with van der Waals surface area (Å²) in [6.45, 7) is 10.1. The molecule has 1 aromatic heterocycles. The molecule has 2 fully saturated rings. The van der Waals surface area contributed by atoms with E-state index >= 15 is 0 Å². The highest BCUT2D eigenvalue weighted by molar-refractivity contribution is 9.10. The number of aromatic nitrogens is 2. The van der Waals surface area contributed by atoms with Gasteiger partial charge in [0.1, 0.15) is 4.60 Å². The number of nitrogens with zero attached hydrogens (tertiary/aromatic N) is 4. The molecule has 3 rings (SSSR count). The molecule has 2 aliphatic rings. The normalized spacial score (nSPS) is 20.2. The van der Waals surface area contributed by atoms with Crippen LogP contribution in [0.4, 0.5) is 0 Å². The number of ether oxygens (including phenoxy) is 2. The summed E-state index contributed by atoms with van der Waals surface area (Å²) < 4.78 is 13.1. The quantitative estimate of drug-likeness (QED) is 0.416. The Morgan fingerprint density at radius 2 is 1.97 bits per heavy atom. The van der Waals surface area contributed by atoms with Gasteiger partial charge in [-0.1, -0.05) is 13.8 Å². The lowest BCUT2D eigenvalue weighted by Crippen LogP contribution is -2.56. The van der Waals surface area contributed by atoms with Gasteiger partial charge in [0.05, 0.1) is 19.1 Å². The van der Waals surface area contributed by atoms with Crippen molar-refractivity contribution in [3.63, 3.8) is 0 Å². The fraction of sp³-hybridized carbons (Fsp3) is 0.783. The standard InChI is InChI=1S/C23H38BrN5O4.2ClH/c1-17(2)15-29(23(31)21-26-20(24)16-28(21)6-4-5-9-32-3)19-12-18(13-25-14-19)22(30)27-7-10-33-11-8-27;;/h16-19,25H,4-15H2,1-3H3;2*1H/t18-,19+;;/m1../s1. The highest BCUT2D eigenvalue weighted by Crippen LogP contribution is 2.23. The van der Waals surface area contributed by atoms with E-state index in [0.717, 1.165) is 12.8 Å². The molecule has 9 nitrogen and oxygen atoms in total. The van der Waals surface area contributed by atoms with Crippen molar-refractivity contribution < 1.29 is 19.1 Å². The zero-order valence-electron chi connectivity index (χ0n) is 20.9. The number of morpholine rings is 1. The molecule has 0 spiro atoms. The Morgan fingerprint density at radius 3 is 2.63 bits per heavy atom. The number of imidazole rings is 1. The molecule has 1 N–H and O–H groups in total. The lowest BCUT2D eigenvalue weighted by molar-refractivity contribution is -0.140.